The summed E-state index contributed by atoms with van der Waals surface area (Å²) in [5.74, 6) is 1.67. The SMILES string of the molecule is Cc1cccc(C#N)c1N(C)CC1CC1C. The van der Waals surface area contributed by atoms with E-state index in [2.05, 4.69) is 37.9 Å². The van der Waals surface area contributed by atoms with Crippen molar-refractivity contribution in [3.8, 4) is 6.07 Å². The van der Waals surface area contributed by atoms with Crippen LogP contribution >= 0.6 is 0 Å². The number of nitriles is 1. The van der Waals surface area contributed by atoms with E-state index in [-0.39, 0.29) is 0 Å². The summed E-state index contributed by atoms with van der Waals surface area (Å²) >= 11 is 0. The second-order valence-electron chi connectivity index (χ2n) is 4.94. The third kappa shape index (κ3) is 2.04. The Labute approximate surface area is 97.5 Å². The van der Waals surface area contributed by atoms with Gasteiger partial charge in [-0.1, -0.05) is 19.1 Å². The standard InChI is InChI=1S/C14H18N2/c1-10-5-4-6-12(8-15)14(10)16(3)9-13-7-11(13)2/h4-6,11,13H,7,9H2,1-3H3. The highest BCUT2D eigenvalue weighted by molar-refractivity contribution is 5.63. The molecule has 16 heavy (non-hydrogen) atoms. The molecule has 0 aliphatic heterocycles. The van der Waals surface area contributed by atoms with Gasteiger partial charge < -0.3 is 4.90 Å². The smallest absolute Gasteiger partial charge is 0.101 e. The van der Waals surface area contributed by atoms with E-state index >= 15 is 0 Å². The molecular formula is C14H18N2. The Morgan fingerprint density at radius 2 is 2.19 bits per heavy atom. The topological polar surface area (TPSA) is 27.0 Å². The normalized spacial score (nSPS) is 22.6. The van der Waals surface area contributed by atoms with E-state index in [0.29, 0.717) is 0 Å². The first-order valence-corrected chi connectivity index (χ1v) is 5.84. The van der Waals surface area contributed by atoms with Crippen molar-refractivity contribution >= 4 is 5.69 Å². The maximum absolute atomic E-state index is 9.12. The Hall–Kier alpha value is -1.49. The summed E-state index contributed by atoms with van der Waals surface area (Å²) < 4.78 is 0. The molecule has 0 N–H and O–H groups in total. The minimum atomic E-state index is 0.788. The van der Waals surface area contributed by atoms with Crippen molar-refractivity contribution in [2.24, 2.45) is 11.8 Å². The second-order valence-corrected chi connectivity index (χ2v) is 4.94. The molecule has 2 atom stereocenters. The van der Waals surface area contributed by atoms with Crippen LogP contribution in [0.3, 0.4) is 0 Å². The fraction of sp³-hybridized carbons (Fsp3) is 0.500. The van der Waals surface area contributed by atoms with Crippen molar-refractivity contribution in [2.75, 3.05) is 18.5 Å². The van der Waals surface area contributed by atoms with E-state index < -0.39 is 0 Å². The van der Waals surface area contributed by atoms with Crippen LogP contribution in [0.2, 0.25) is 0 Å². The number of nitrogens with zero attached hydrogens (tertiary/aromatic N) is 2. The molecular weight excluding hydrogens is 196 g/mol. The Morgan fingerprint density at radius 3 is 2.75 bits per heavy atom. The second kappa shape index (κ2) is 4.17. The molecule has 84 valence electrons. The fourth-order valence-corrected chi connectivity index (χ4v) is 2.35. The minimum Gasteiger partial charge on any atom is -0.373 e. The summed E-state index contributed by atoms with van der Waals surface area (Å²) in [5, 5.41) is 9.12. The van der Waals surface area contributed by atoms with Gasteiger partial charge in [0.05, 0.1) is 11.3 Å². The number of para-hydroxylation sites is 1. The van der Waals surface area contributed by atoms with Gasteiger partial charge in [0.15, 0.2) is 0 Å². The van der Waals surface area contributed by atoms with Crippen LogP contribution in [0.4, 0.5) is 5.69 Å². The molecule has 0 bridgehead atoms. The molecule has 0 spiro atoms. The third-order valence-electron chi connectivity index (χ3n) is 3.52. The summed E-state index contributed by atoms with van der Waals surface area (Å²) in [6.45, 7) is 5.44. The molecule has 0 amide bonds. The lowest BCUT2D eigenvalue weighted by atomic mass is 10.1. The summed E-state index contributed by atoms with van der Waals surface area (Å²) in [5.41, 5.74) is 3.08. The summed E-state index contributed by atoms with van der Waals surface area (Å²) in [6.07, 6.45) is 1.33. The summed E-state index contributed by atoms with van der Waals surface area (Å²) in [6, 6.07) is 8.20. The highest BCUT2D eigenvalue weighted by Crippen LogP contribution is 2.39. The highest BCUT2D eigenvalue weighted by atomic mass is 15.1. The predicted octanol–water partition coefficient (Wildman–Crippen LogP) is 2.96. The largest absolute Gasteiger partial charge is 0.373 e. The van der Waals surface area contributed by atoms with Gasteiger partial charge in [-0.15, -0.1) is 0 Å². The quantitative estimate of drug-likeness (QED) is 0.773. The molecule has 0 radical (unpaired) electrons. The van der Waals surface area contributed by atoms with E-state index in [9.17, 15) is 0 Å². The molecule has 2 rings (SSSR count). The van der Waals surface area contributed by atoms with Gasteiger partial charge in [0.1, 0.15) is 6.07 Å². The first kappa shape index (κ1) is 11.0. The molecule has 1 aromatic carbocycles. The van der Waals surface area contributed by atoms with Crippen molar-refractivity contribution in [3.05, 3.63) is 29.3 Å². The van der Waals surface area contributed by atoms with Crippen LogP contribution in [-0.4, -0.2) is 13.6 Å². The predicted molar refractivity (Wildman–Crippen MR) is 66.4 cm³/mol. The number of rotatable bonds is 3. The van der Waals surface area contributed by atoms with Crippen molar-refractivity contribution in [2.45, 2.75) is 20.3 Å². The molecule has 0 heterocycles. The molecule has 1 fully saturated rings. The van der Waals surface area contributed by atoms with Crippen molar-refractivity contribution < 1.29 is 0 Å². The van der Waals surface area contributed by atoms with E-state index in [0.717, 1.165) is 29.6 Å². The Bertz CT molecular complexity index is 431. The Morgan fingerprint density at radius 1 is 1.50 bits per heavy atom. The molecule has 0 saturated heterocycles. The van der Waals surface area contributed by atoms with Crippen LogP contribution in [0.15, 0.2) is 18.2 Å². The monoisotopic (exact) mass is 214 g/mol. The number of hydrogen-bond acceptors (Lipinski definition) is 2. The fourth-order valence-electron chi connectivity index (χ4n) is 2.35. The van der Waals surface area contributed by atoms with Crippen LogP contribution < -0.4 is 4.90 Å². The molecule has 1 aliphatic rings. The molecule has 2 heteroatoms. The summed E-state index contributed by atoms with van der Waals surface area (Å²) in [4.78, 5) is 2.24. The summed E-state index contributed by atoms with van der Waals surface area (Å²) in [7, 11) is 2.09. The first-order chi connectivity index (χ1) is 7.63. The van der Waals surface area contributed by atoms with Crippen LogP contribution in [0, 0.1) is 30.1 Å². The van der Waals surface area contributed by atoms with Gasteiger partial charge in [-0.2, -0.15) is 5.26 Å². The first-order valence-electron chi connectivity index (χ1n) is 5.84. The van der Waals surface area contributed by atoms with Gasteiger partial charge in [-0.05, 0) is 36.8 Å². The molecule has 1 saturated carbocycles. The maximum Gasteiger partial charge on any atom is 0.101 e. The number of benzene rings is 1. The molecule has 2 nitrogen and oxygen atoms in total. The van der Waals surface area contributed by atoms with Gasteiger partial charge in [0.25, 0.3) is 0 Å². The van der Waals surface area contributed by atoms with Crippen LogP contribution in [0.25, 0.3) is 0 Å². The molecule has 1 aliphatic carbocycles. The zero-order valence-electron chi connectivity index (χ0n) is 10.2. The minimum absolute atomic E-state index is 0.788. The number of anilines is 1. The van der Waals surface area contributed by atoms with E-state index in [1.807, 2.05) is 12.1 Å². The maximum atomic E-state index is 9.12. The lowest BCUT2D eigenvalue weighted by Crippen LogP contribution is -2.22. The van der Waals surface area contributed by atoms with E-state index in [1.165, 1.54) is 12.0 Å². The number of hydrogen-bond donors (Lipinski definition) is 0. The van der Waals surface area contributed by atoms with Gasteiger partial charge in [0.2, 0.25) is 0 Å². The molecule has 1 aromatic rings. The van der Waals surface area contributed by atoms with E-state index in [1.54, 1.807) is 0 Å². The van der Waals surface area contributed by atoms with Crippen molar-refractivity contribution in [3.63, 3.8) is 0 Å². The third-order valence-corrected chi connectivity index (χ3v) is 3.52. The zero-order valence-corrected chi connectivity index (χ0v) is 10.2. The Kier molecular flexibility index (Phi) is 2.87. The van der Waals surface area contributed by atoms with Gasteiger partial charge in [-0.25, -0.2) is 0 Å². The van der Waals surface area contributed by atoms with Gasteiger partial charge in [0, 0.05) is 13.6 Å². The van der Waals surface area contributed by atoms with Crippen LogP contribution in [-0.2, 0) is 0 Å². The van der Waals surface area contributed by atoms with Gasteiger partial charge >= 0.3 is 0 Å². The average Bonchev–Trinajstić information content (AvgIpc) is 2.93. The highest BCUT2D eigenvalue weighted by Gasteiger charge is 2.33. The average molecular weight is 214 g/mol. The van der Waals surface area contributed by atoms with Crippen LogP contribution in [0.1, 0.15) is 24.5 Å². The zero-order chi connectivity index (χ0) is 11.7. The van der Waals surface area contributed by atoms with Crippen molar-refractivity contribution in [1.29, 1.82) is 5.26 Å². The Balaban J connectivity index is 2.21. The van der Waals surface area contributed by atoms with Gasteiger partial charge in [-0.3, -0.25) is 0 Å². The number of aryl methyl sites for hydroxylation is 1. The lowest BCUT2D eigenvalue weighted by molar-refractivity contribution is 0.724. The van der Waals surface area contributed by atoms with Crippen molar-refractivity contribution in [1.82, 2.24) is 0 Å². The lowest BCUT2D eigenvalue weighted by Gasteiger charge is -2.22. The molecule has 0 aromatic heterocycles. The van der Waals surface area contributed by atoms with E-state index in [4.69, 9.17) is 5.26 Å². The van der Waals surface area contributed by atoms with Crippen LogP contribution in [0.5, 0.6) is 0 Å². The molecule has 2 unspecified atom stereocenters.